The second-order valence-electron chi connectivity index (χ2n) is 4.20. The van der Waals surface area contributed by atoms with Gasteiger partial charge in [-0.3, -0.25) is 4.98 Å². The molecule has 2 rings (SSSR count). The molecule has 0 amide bonds. The van der Waals surface area contributed by atoms with Crippen LogP contribution in [0.4, 0.5) is 0 Å². The van der Waals surface area contributed by atoms with Crippen molar-refractivity contribution < 1.29 is 4.42 Å². The zero-order valence-electron chi connectivity index (χ0n) is 10.6. The van der Waals surface area contributed by atoms with Crippen molar-refractivity contribution in [1.82, 2.24) is 10.3 Å². The molecular formula is C14H17ClN2O. The first-order valence-electron chi connectivity index (χ1n) is 6.09. The Morgan fingerprint density at radius 3 is 2.67 bits per heavy atom. The van der Waals surface area contributed by atoms with E-state index in [4.69, 9.17) is 16.0 Å². The predicted octanol–water partition coefficient (Wildman–Crippen LogP) is 3.39. The molecule has 4 heteroatoms. The first-order valence-corrected chi connectivity index (χ1v) is 6.47. The number of furan rings is 1. The van der Waals surface area contributed by atoms with E-state index in [1.807, 2.05) is 19.3 Å². The van der Waals surface area contributed by atoms with Crippen LogP contribution in [0.5, 0.6) is 0 Å². The highest BCUT2D eigenvalue weighted by Gasteiger charge is 2.14. The largest absolute Gasteiger partial charge is 0.448 e. The normalized spacial score (nSPS) is 12.6. The number of halogens is 1. The minimum absolute atomic E-state index is 0.0949. The van der Waals surface area contributed by atoms with Gasteiger partial charge in [-0.1, -0.05) is 13.0 Å². The summed E-state index contributed by atoms with van der Waals surface area (Å²) in [4.78, 5) is 4.45. The van der Waals surface area contributed by atoms with Gasteiger partial charge in [-0.2, -0.15) is 0 Å². The maximum atomic E-state index is 5.79. The number of rotatable bonds is 5. The van der Waals surface area contributed by atoms with Crippen LogP contribution < -0.4 is 5.32 Å². The Bertz CT molecular complexity index is 493. The molecule has 0 aliphatic rings. The molecule has 0 bridgehead atoms. The first kappa shape index (κ1) is 13.1. The highest BCUT2D eigenvalue weighted by molar-refractivity contribution is 6.28. The lowest BCUT2D eigenvalue weighted by Gasteiger charge is -2.13. The Hall–Kier alpha value is -1.32. The minimum Gasteiger partial charge on any atom is -0.448 e. The minimum atomic E-state index is 0.0949. The summed E-state index contributed by atoms with van der Waals surface area (Å²) in [6, 6.07) is 7.92. The van der Waals surface area contributed by atoms with Crippen LogP contribution in [0.15, 0.2) is 34.9 Å². The molecule has 2 heterocycles. The molecule has 0 radical (unpaired) electrons. The Morgan fingerprint density at radius 2 is 2.17 bits per heavy atom. The van der Waals surface area contributed by atoms with Gasteiger partial charge in [0, 0.05) is 18.3 Å². The number of hydrogen-bond acceptors (Lipinski definition) is 3. The van der Waals surface area contributed by atoms with Crippen molar-refractivity contribution in [1.29, 1.82) is 0 Å². The van der Waals surface area contributed by atoms with Gasteiger partial charge in [0.05, 0.1) is 6.04 Å². The third kappa shape index (κ3) is 3.12. The second kappa shape index (κ2) is 6.03. The van der Waals surface area contributed by atoms with Crippen molar-refractivity contribution in [3.05, 3.63) is 52.7 Å². The average molecular weight is 265 g/mol. The van der Waals surface area contributed by atoms with Crippen LogP contribution in [0.3, 0.4) is 0 Å². The lowest BCUT2D eigenvalue weighted by atomic mass is 10.1. The molecule has 0 aliphatic heterocycles. The summed E-state index contributed by atoms with van der Waals surface area (Å²) in [5.74, 6) is 0.837. The van der Waals surface area contributed by atoms with Crippen LogP contribution in [-0.4, -0.2) is 12.0 Å². The standard InChI is InChI=1S/C14H17ClN2O/c1-3-10-4-5-11(17-9-10)8-12(16-2)13-6-7-14(15)18-13/h4-7,9,12,16H,3,8H2,1-2H3. The fraction of sp³-hybridized carbons (Fsp3) is 0.357. The number of likely N-dealkylation sites (N-methyl/N-ethyl adjacent to an activating group) is 1. The van der Waals surface area contributed by atoms with E-state index in [1.165, 1.54) is 5.56 Å². The van der Waals surface area contributed by atoms with Crippen LogP contribution in [0.1, 0.15) is 30.0 Å². The summed E-state index contributed by atoms with van der Waals surface area (Å²) in [6.45, 7) is 2.12. The van der Waals surface area contributed by atoms with Crippen LogP contribution in [0, 0.1) is 0 Å². The van der Waals surface area contributed by atoms with Gasteiger partial charge in [0.15, 0.2) is 5.22 Å². The zero-order chi connectivity index (χ0) is 13.0. The van der Waals surface area contributed by atoms with Gasteiger partial charge < -0.3 is 9.73 Å². The van der Waals surface area contributed by atoms with Crippen molar-refractivity contribution >= 4 is 11.6 Å². The molecule has 0 aromatic carbocycles. The maximum Gasteiger partial charge on any atom is 0.193 e. The summed E-state index contributed by atoms with van der Waals surface area (Å²) < 4.78 is 5.43. The number of nitrogens with zero attached hydrogens (tertiary/aromatic N) is 1. The maximum absolute atomic E-state index is 5.79. The molecule has 18 heavy (non-hydrogen) atoms. The van der Waals surface area contributed by atoms with Crippen LogP contribution >= 0.6 is 11.6 Å². The van der Waals surface area contributed by atoms with E-state index >= 15 is 0 Å². The molecule has 1 unspecified atom stereocenters. The van der Waals surface area contributed by atoms with Gasteiger partial charge in [0.1, 0.15) is 5.76 Å². The van der Waals surface area contributed by atoms with Crippen LogP contribution in [0.25, 0.3) is 0 Å². The van der Waals surface area contributed by atoms with Crippen LogP contribution in [-0.2, 0) is 12.8 Å². The molecule has 0 fully saturated rings. The lowest BCUT2D eigenvalue weighted by Crippen LogP contribution is -2.18. The quantitative estimate of drug-likeness (QED) is 0.900. The van der Waals surface area contributed by atoms with E-state index in [9.17, 15) is 0 Å². The average Bonchev–Trinajstić information content (AvgIpc) is 2.83. The summed E-state index contributed by atoms with van der Waals surface area (Å²) in [6.07, 6.45) is 3.72. The lowest BCUT2D eigenvalue weighted by molar-refractivity contribution is 0.428. The third-order valence-corrected chi connectivity index (χ3v) is 3.20. The summed E-state index contributed by atoms with van der Waals surface area (Å²) in [7, 11) is 1.90. The molecule has 0 saturated carbocycles. The highest BCUT2D eigenvalue weighted by atomic mass is 35.5. The topological polar surface area (TPSA) is 38.1 Å². The Kier molecular flexibility index (Phi) is 4.39. The predicted molar refractivity (Wildman–Crippen MR) is 72.8 cm³/mol. The van der Waals surface area contributed by atoms with Gasteiger partial charge in [-0.15, -0.1) is 0 Å². The van der Waals surface area contributed by atoms with Gasteiger partial charge in [-0.25, -0.2) is 0 Å². The molecule has 1 N–H and O–H groups in total. The molecule has 1 atom stereocenters. The van der Waals surface area contributed by atoms with Gasteiger partial charge in [0.25, 0.3) is 0 Å². The molecule has 96 valence electrons. The Labute approximate surface area is 112 Å². The van der Waals surface area contributed by atoms with E-state index in [1.54, 1.807) is 6.07 Å². The van der Waals surface area contributed by atoms with E-state index in [2.05, 4.69) is 29.4 Å². The fourth-order valence-electron chi connectivity index (χ4n) is 1.85. The second-order valence-corrected chi connectivity index (χ2v) is 4.57. The molecule has 0 saturated heterocycles. The van der Waals surface area contributed by atoms with Gasteiger partial charge in [0.2, 0.25) is 0 Å². The Morgan fingerprint density at radius 1 is 1.33 bits per heavy atom. The number of hydrogen-bond donors (Lipinski definition) is 1. The van der Waals surface area contributed by atoms with E-state index in [0.717, 1.165) is 24.3 Å². The number of pyridine rings is 1. The van der Waals surface area contributed by atoms with Crippen molar-refractivity contribution in [3.8, 4) is 0 Å². The van der Waals surface area contributed by atoms with E-state index in [0.29, 0.717) is 5.22 Å². The van der Waals surface area contributed by atoms with Gasteiger partial charge in [-0.05, 0) is 48.8 Å². The van der Waals surface area contributed by atoms with Crippen molar-refractivity contribution in [2.75, 3.05) is 7.05 Å². The summed E-state index contributed by atoms with van der Waals surface area (Å²) in [5, 5.41) is 3.63. The monoisotopic (exact) mass is 264 g/mol. The molecule has 0 spiro atoms. The first-order chi connectivity index (χ1) is 8.72. The molecule has 3 nitrogen and oxygen atoms in total. The van der Waals surface area contributed by atoms with E-state index < -0.39 is 0 Å². The van der Waals surface area contributed by atoms with Crippen LogP contribution in [0.2, 0.25) is 5.22 Å². The summed E-state index contributed by atoms with van der Waals surface area (Å²) >= 11 is 5.79. The number of nitrogens with one attached hydrogen (secondary N) is 1. The van der Waals surface area contributed by atoms with Crippen molar-refractivity contribution in [2.45, 2.75) is 25.8 Å². The molecular weight excluding hydrogens is 248 g/mol. The number of aromatic nitrogens is 1. The summed E-state index contributed by atoms with van der Waals surface area (Å²) in [5.41, 5.74) is 2.29. The SMILES string of the molecule is CCc1ccc(CC(NC)c2ccc(Cl)o2)nc1. The fourth-order valence-corrected chi connectivity index (χ4v) is 2.01. The van der Waals surface area contributed by atoms with Gasteiger partial charge >= 0.3 is 0 Å². The molecule has 2 aromatic rings. The van der Waals surface area contributed by atoms with Crippen molar-refractivity contribution in [2.24, 2.45) is 0 Å². The Balaban J connectivity index is 2.10. The zero-order valence-corrected chi connectivity index (χ0v) is 11.4. The smallest absolute Gasteiger partial charge is 0.193 e. The number of aryl methyl sites for hydroxylation is 1. The van der Waals surface area contributed by atoms with Crippen molar-refractivity contribution in [3.63, 3.8) is 0 Å². The third-order valence-electron chi connectivity index (χ3n) is 2.99. The van der Waals surface area contributed by atoms with E-state index in [-0.39, 0.29) is 6.04 Å². The highest BCUT2D eigenvalue weighted by Crippen LogP contribution is 2.22. The molecule has 2 aromatic heterocycles. The molecule has 0 aliphatic carbocycles.